The second-order valence-electron chi connectivity index (χ2n) is 3.85. The molecule has 0 unspecified atom stereocenters. The van der Waals surface area contributed by atoms with Crippen LogP contribution in [0.4, 0.5) is 5.69 Å². The average molecular weight is 277 g/mol. The van der Waals surface area contributed by atoms with E-state index >= 15 is 0 Å². The molecule has 0 saturated heterocycles. The molecule has 0 bridgehead atoms. The van der Waals surface area contributed by atoms with Crippen LogP contribution in [0.15, 0.2) is 29.6 Å². The third-order valence-electron chi connectivity index (χ3n) is 2.78. The van der Waals surface area contributed by atoms with Crippen LogP contribution >= 0.6 is 22.9 Å². The molecule has 4 heteroatoms. The predicted octanol–water partition coefficient (Wildman–Crippen LogP) is 4.45. The van der Waals surface area contributed by atoms with Crippen LogP contribution in [-0.4, -0.2) is 0 Å². The summed E-state index contributed by atoms with van der Waals surface area (Å²) < 4.78 is 0. The third kappa shape index (κ3) is 2.66. The summed E-state index contributed by atoms with van der Waals surface area (Å²) in [7, 11) is 0. The Bertz CT molecular complexity index is 584. The van der Waals surface area contributed by atoms with Crippen molar-refractivity contribution in [3.8, 4) is 6.07 Å². The fourth-order valence-electron chi connectivity index (χ4n) is 1.80. The summed E-state index contributed by atoms with van der Waals surface area (Å²) in [6, 6.07) is 9.73. The summed E-state index contributed by atoms with van der Waals surface area (Å²) in [5.74, 6) is 0. The Kier molecular flexibility index (Phi) is 4.24. The first-order chi connectivity index (χ1) is 8.76. The molecule has 0 spiro atoms. The van der Waals surface area contributed by atoms with Gasteiger partial charge in [-0.2, -0.15) is 5.26 Å². The topological polar surface area (TPSA) is 35.8 Å². The Labute approximate surface area is 116 Å². The fourth-order valence-corrected chi connectivity index (χ4v) is 2.93. The lowest BCUT2D eigenvalue weighted by atomic mass is 10.1. The van der Waals surface area contributed by atoms with Crippen LogP contribution in [-0.2, 0) is 13.0 Å². The molecule has 1 aromatic carbocycles. The van der Waals surface area contributed by atoms with Crippen molar-refractivity contribution in [1.82, 2.24) is 0 Å². The van der Waals surface area contributed by atoms with E-state index in [-0.39, 0.29) is 0 Å². The van der Waals surface area contributed by atoms with Crippen LogP contribution in [0, 0.1) is 11.3 Å². The first-order valence-electron chi connectivity index (χ1n) is 5.74. The second kappa shape index (κ2) is 5.90. The lowest BCUT2D eigenvalue weighted by Crippen LogP contribution is -2.01. The number of thiophene rings is 1. The fraction of sp³-hybridized carbons (Fsp3) is 0.214. The molecule has 1 aromatic heterocycles. The van der Waals surface area contributed by atoms with Gasteiger partial charge >= 0.3 is 0 Å². The summed E-state index contributed by atoms with van der Waals surface area (Å²) in [4.78, 5) is 1.31. The van der Waals surface area contributed by atoms with Gasteiger partial charge in [0, 0.05) is 11.4 Å². The minimum atomic E-state index is 0.490. The highest BCUT2D eigenvalue weighted by Gasteiger charge is 2.07. The molecule has 0 amide bonds. The molecule has 0 fully saturated rings. The number of anilines is 1. The van der Waals surface area contributed by atoms with Gasteiger partial charge < -0.3 is 5.32 Å². The van der Waals surface area contributed by atoms with Crippen LogP contribution in [0.3, 0.4) is 0 Å². The maximum absolute atomic E-state index is 9.09. The monoisotopic (exact) mass is 276 g/mol. The number of halogens is 1. The van der Waals surface area contributed by atoms with E-state index in [0.29, 0.717) is 10.6 Å². The quantitative estimate of drug-likeness (QED) is 0.896. The highest BCUT2D eigenvalue weighted by molar-refractivity contribution is 7.10. The smallest absolute Gasteiger partial charge is 0.103 e. The zero-order chi connectivity index (χ0) is 13.0. The molecule has 18 heavy (non-hydrogen) atoms. The van der Waals surface area contributed by atoms with Gasteiger partial charge in [-0.25, -0.2) is 0 Å². The number of hydrogen-bond donors (Lipinski definition) is 1. The molecule has 1 heterocycles. The van der Waals surface area contributed by atoms with Gasteiger partial charge in [0.2, 0.25) is 0 Å². The van der Waals surface area contributed by atoms with Crippen LogP contribution in [0.25, 0.3) is 0 Å². The number of nitrogens with one attached hydrogen (secondary N) is 1. The molecule has 0 radical (unpaired) electrons. The molecule has 0 aliphatic carbocycles. The molecule has 2 nitrogen and oxygen atoms in total. The third-order valence-corrected chi connectivity index (χ3v) is 4.06. The summed E-state index contributed by atoms with van der Waals surface area (Å²) in [5, 5.41) is 15.0. The van der Waals surface area contributed by atoms with Crippen molar-refractivity contribution >= 4 is 28.6 Å². The van der Waals surface area contributed by atoms with Gasteiger partial charge in [-0.1, -0.05) is 24.6 Å². The minimum absolute atomic E-state index is 0.490. The molecule has 0 aliphatic rings. The molecule has 1 N–H and O–H groups in total. The van der Waals surface area contributed by atoms with Crippen molar-refractivity contribution in [2.75, 3.05) is 5.32 Å². The van der Waals surface area contributed by atoms with E-state index in [1.807, 2.05) is 12.1 Å². The van der Waals surface area contributed by atoms with Gasteiger partial charge in [0.25, 0.3) is 0 Å². The van der Waals surface area contributed by atoms with Crippen molar-refractivity contribution in [3.63, 3.8) is 0 Å². The number of hydrogen-bond acceptors (Lipinski definition) is 3. The molecule has 2 rings (SSSR count). The van der Waals surface area contributed by atoms with E-state index in [2.05, 4.69) is 29.8 Å². The van der Waals surface area contributed by atoms with Crippen LogP contribution in [0.1, 0.15) is 22.9 Å². The highest BCUT2D eigenvalue weighted by atomic mass is 35.5. The standard InChI is InChI=1S/C14H13ClN2S/c1-2-10-6-7-18-14(10)9-17-13-5-3-4-12(15)11(13)8-16/h3-7,17H,2,9H2,1H3. The summed E-state index contributed by atoms with van der Waals surface area (Å²) in [6.07, 6.45) is 1.03. The van der Waals surface area contributed by atoms with Crippen LogP contribution in [0.2, 0.25) is 5.02 Å². The Balaban J connectivity index is 2.16. The Morgan fingerprint density at radius 3 is 2.94 bits per heavy atom. The highest BCUT2D eigenvalue weighted by Crippen LogP contribution is 2.25. The van der Waals surface area contributed by atoms with Gasteiger partial charge in [0.15, 0.2) is 0 Å². The molecule has 2 aromatic rings. The predicted molar refractivity (Wildman–Crippen MR) is 77.2 cm³/mol. The van der Waals surface area contributed by atoms with E-state index < -0.39 is 0 Å². The van der Waals surface area contributed by atoms with E-state index in [0.717, 1.165) is 18.7 Å². The van der Waals surface area contributed by atoms with Crippen molar-refractivity contribution in [2.45, 2.75) is 19.9 Å². The summed E-state index contributed by atoms with van der Waals surface area (Å²) in [5.41, 5.74) is 2.65. The number of aryl methyl sites for hydroxylation is 1. The van der Waals surface area contributed by atoms with Gasteiger partial charge in [0.1, 0.15) is 6.07 Å². The number of benzene rings is 1. The van der Waals surface area contributed by atoms with E-state index in [9.17, 15) is 0 Å². The Morgan fingerprint density at radius 1 is 1.39 bits per heavy atom. The maximum atomic E-state index is 9.09. The maximum Gasteiger partial charge on any atom is 0.103 e. The zero-order valence-electron chi connectivity index (χ0n) is 10.0. The van der Waals surface area contributed by atoms with Crippen molar-refractivity contribution in [2.24, 2.45) is 0 Å². The molecule has 92 valence electrons. The minimum Gasteiger partial charge on any atom is -0.379 e. The number of nitrogens with zero attached hydrogens (tertiary/aromatic N) is 1. The molecular formula is C14H13ClN2S. The SMILES string of the molecule is CCc1ccsc1CNc1cccc(Cl)c1C#N. The average Bonchev–Trinajstić information content (AvgIpc) is 2.83. The first-order valence-corrected chi connectivity index (χ1v) is 6.99. The van der Waals surface area contributed by atoms with Crippen molar-refractivity contribution in [1.29, 1.82) is 5.26 Å². The van der Waals surface area contributed by atoms with Crippen LogP contribution < -0.4 is 5.32 Å². The summed E-state index contributed by atoms with van der Waals surface area (Å²) >= 11 is 7.72. The molecule has 0 aliphatic heterocycles. The molecule has 0 atom stereocenters. The van der Waals surface area contributed by atoms with Gasteiger partial charge in [-0.15, -0.1) is 11.3 Å². The van der Waals surface area contributed by atoms with Crippen LogP contribution in [0.5, 0.6) is 0 Å². The van der Waals surface area contributed by atoms with Gasteiger partial charge in [0.05, 0.1) is 16.3 Å². The lowest BCUT2D eigenvalue weighted by Gasteiger charge is -2.09. The Hall–Kier alpha value is -1.50. The molecular weight excluding hydrogens is 264 g/mol. The van der Waals surface area contributed by atoms with Crippen molar-refractivity contribution in [3.05, 3.63) is 50.7 Å². The van der Waals surface area contributed by atoms with Gasteiger partial charge in [-0.05, 0) is 35.6 Å². The zero-order valence-corrected chi connectivity index (χ0v) is 11.6. The second-order valence-corrected chi connectivity index (χ2v) is 5.26. The largest absolute Gasteiger partial charge is 0.379 e. The summed E-state index contributed by atoms with van der Waals surface area (Å²) in [6.45, 7) is 2.88. The van der Waals surface area contributed by atoms with E-state index in [1.54, 1.807) is 17.4 Å². The van der Waals surface area contributed by atoms with E-state index in [4.69, 9.17) is 16.9 Å². The Morgan fingerprint density at radius 2 is 2.22 bits per heavy atom. The first kappa shape index (κ1) is 12.9. The van der Waals surface area contributed by atoms with Gasteiger partial charge in [-0.3, -0.25) is 0 Å². The van der Waals surface area contributed by atoms with E-state index in [1.165, 1.54) is 10.4 Å². The normalized spacial score (nSPS) is 10.1. The number of rotatable bonds is 4. The molecule has 0 saturated carbocycles. The lowest BCUT2D eigenvalue weighted by molar-refractivity contribution is 1.08. The number of nitriles is 1. The van der Waals surface area contributed by atoms with Crippen molar-refractivity contribution < 1.29 is 0 Å².